The van der Waals surface area contributed by atoms with Gasteiger partial charge in [-0.1, -0.05) is 12.1 Å². The van der Waals surface area contributed by atoms with Gasteiger partial charge in [-0.2, -0.15) is 0 Å². The molecule has 0 aliphatic carbocycles. The fourth-order valence-electron chi connectivity index (χ4n) is 1.10. The summed E-state index contributed by atoms with van der Waals surface area (Å²) in [5.41, 5.74) is 6.91. The lowest BCUT2D eigenvalue weighted by atomic mass is 10.3. The number of benzene rings is 1. The Hall–Kier alpha value is -1.62. The van der Waals surface area contributed by atoms with Crippen molar-refractivity contribution in [3.63, 3.8) is 0 Å². The number of amidine groups is 1. The molecule has 1 aromatic heterocycles. The summed E-state index contributed by atoms with van der Waals surface area (Å²) >= 11 is 1.10. The van der Waals surface area contributed by atoms with Crippen LogP contribution in [0.2, 0.25) is 0 Å². The molecule has 0 amide bonds. The van der Waals surface area contributed by atoms with Crippen molar-refractivity contribution in [2.45, 2.75) is 5.03 Å². The smallest absolute Gasteiger partial charge is 0.157 e. The van der Waals surface area contributed by atoms with Gasteiger partial charge < -0.3 is 5.73 Å². The third-order valence-electron chi connectivity index (χ3n) is 1.64. The van der Waals surface area contributed by atoms with Crippen molar-refractivity contribution in [3.8, 4) is 0 Å². The third kappa shape index (κ3) is 1.82. The molecule has 1 heterocycles. The Morgan fingerprint density at radius 1 is 1.29 bits per heavy atom. The highest BCUT2D eigenvalue weighted by molar-refractivity contribution is 8.13. The lowest BCUT2D eigenvalue weighted by Gasteiger charge is -1.99. The van der Waals surface area contributed by atoms with Crippen LogP contribution in [-0.4, -0.2) is 15.1 Å². The molecule has 2 aromatic rings. The van der Waals surface area contributed by atoms with Crippen LogP contribution in [0.3, 0.4) is 0 Å². The van der Waals surface area contributed by atoms with Gasteiger partial charge in [0.05, 0.1) is 17.2 Å². The Labute approximate surface area is 85.1 Å². The molecule has 0 atom stereocenters. The van der Waals surface area contributed by atoms with E-state index in [-0.39, 0.29) is 5.17 Å². The molecule has 0 unspecified atom stereocenters. The van der Waals surface area contributed by atoms with Gasteiger partial charge in [-0.05, 0) is 23.9 Å². The largest absolute Gasteiger partial charge is 0.378 e. The summed E-state index contributed by atoms with van der Waals surface area (Å²) in [6.45, 7) is 0. The quantitative estimate of drug-likeness (QED) is 0.420. The van der Waals surface area contributed by atoms with E-state index >= 15 is 0 Å². The summed E-state index contributed by atoms with van der Waals surface area (Å²) in [4.78, 5) is 8.49. The van der Waals surface area contributed by atoms with Gasteiger partial charge >= 0.3 is 0 Å². The van der Waals surface area contributed by atoms with E-state index in [1.807, 2.05) is 24.3 Å². The molecular weight excluding hydrogens is 196 g/mol. The number of aromatic nitrogens is 2. The van der Waals surface area contributed by atoms with Crippen molar-refractivity contribution in [1.82, 2.24) is 9.97 Å². The molecule has 0 saturated carbocycles. The van der Waals surface area contributed by atoms with Crippen molar-refractivity contribution < 1.29 is 0 Å². The number of hydrogen-bond acceptors (Lipinski definition) is 4. The molecule has 3 N–H and O–H groups in total. The van der Waals surface area contributed by atoms with E-state index < -0.39 is 0 Å². The van der Waals surface area contributed by atoms with Gasteiger partial charge in [0.1, 0.15) is 5.03 Å². The van der Waals surface area contributed by atoms with Crippen molar-refractivity contribution in [3.05, 3.63) is 30.5 Å². The zero-order valence-electron chi connectivity index (χ0n) is 7.27. The topological polar surface area (TPSA) is 75.7 Å². The highest BCUT2D eigenvalue weighted by Crippen LogP contribution is 2.16. The van der Waals surface area contributed by atoms with Crippen molar-refractivity contribution >= 4 is 28.0 Å². The Morgan fingerprint density at radius 3 is 2.71 bits per heavy atom. The molecule has 1 aromatic carbocycles. The van der Waals surface area contributed by atoms with Crippen LogP contribution in [-0.2, 0) is 0 Å². The van der Waals surface area contributed by atoms with Gasteiger partial charge in [-0.3, -0.25) is 10.4 Å². The summed E-state index contributed by atoms with van der Waals surface area (Å²) < 4.78 is 0. The Balaban J connectivity index is 2.46. The monoisotopic (exact) mass is 204 g/mol. The summed E-state index contributed by atoms with van der Waals surface area (Å²) in [6.07, 6.45) is 1.62. The van der Waals surface area contributed by atoms with Gasteiger partial charge in [-0.25, -0.2) is 4.98 Å². The number of nitrogens with zero attached hydrogens (tertiary/aromatic N) is 2. The van der Waals surface area contributed by atoms with Crippen molar-refractivity contribution in [1.29, 1.82) is 5.41 Å². The van der Waals surface area contributed by atoms with Crippen molar-refractivity contribution in [2.75, 3.05) is 0 Å². The number of para-hydroxylation sites is 2. The number of rotatable bonds is 1. The van der Waals surface area contributed by atoms with Gasteiger partial charge in [-0.15, -0.1) is 0 Å². The average molecular weight is 204 g/mol. The van der Waals surface area contributed by atoms with Crippen molar-refractivity contribution in [2.24, 2.45) is 5.73 Å². The number of thioether (sulfide) groups is 1. The van der Waals surface area contributed by atoms with Crippen LogP contribution < -0.4 is 5.73 Å². The average Bonchev–Trinajstić information content (AvgIpc) is 2.17. The fraction of sp³-hybridized carbons (Fsp3) is 0. The molecule has 5 heteroatoms. The number of nitrogens with one attached hydrogen (secondary N) is 1. The standard InChI is InChI=1S/C9H8N4S/c10-9(11)14-8-5-12-6-3-1-2-4-7(6)13-8/h1-5H,(H3,10,11). The van der Waals surface area contributed by atoms with Gasteiger partial charge in [0.2, 0.25) is 0 Å². The van der Waals surface area contributed by atoms with E-state index in [1.54, 1.807) is 6.20 Å². The molecule has 0 aliphatic heterocycles. The zero-order chi connectivity index (χ0) is 9.97. The van der Waals surface area contributed by atoms with Crippen LogP contribution in [0.4, 0.5) is 0 Å². The molecular formula is C9H8N4S. The molecule has 4 nitrogen and oxygen atoms in total. The normalized spacial score (nSPS) is 10.3. The summed E-state index contributed by atoms with van der Waals surface area (Å²) in [7, 11) is 0. The van der Waals surface area contributed by atoms with Crippen LogP contribution in [0.15, 0.2) is 35.5 Å². The predicted octanol–water partition coefficient (Wildman–Crippen LogP) is 1.62. The number of hydrogen-bond donors (Lipinski definition) is 2. The lowest BCUT2D eigenvalue weighted by Crippen LogP contribution is -2.03. The second kappa shape index (κ2) is 3.63. The van der Waals surface area contributed by atoms with Crippen LogP contribution in [0.5, 0.6) is 0 Å². The zero-order valence-corrected chi connectivity index (χ0v) is 8.08. The maximum Gasteiger partial charge on any atom is 0.157 e. The van der Waals surface area contributed by atoms with Gasteiger partial charge in [0, 0.05) is 0 Å². The second-order valence-electron chi connectivity index (χ2n) is 2.66. The maximum atomic E-state index is 7.11. The summed E-state index contributed by atoms with van der Waals surface area (Å²) in [6, 6.07) is 7.59. The first-order chi connectivity index (χ1) is 6.75. The van der Waals surface area contributed by atoms with E-state index in [4.69, 9.17) is 11.1 Å². The Kier molecular flexibility index (Phi) is 2.32. The number of fused-ring (bicyclic) bond motifs is 1. The Morgan fingerprint density at radius 2 is 2.00 bits per heavy atom. The SMILES string of the molecule is N=C(N)Sc1cnc2ccccc2n1. The molecule has 0 saturated heterocycles. The van der Waals surface area contributed by atoms with Crippen LogP contribution in [0, 0.1) is 5.41 Å². The minimum absolute atomic E-state index is 0.0228. The number of nitrogens with two attached hydrogens (primary N) is 1. The van der Waals surface area contributed by atoms with Gasteiger partial charge in [0.25, 0.3) is 0 Å². The first kappa shape index (κ1) is 8.96. The van der Waals surface area contributed by atoms with E-state index in [0.29, 0.717) is 5.03 Å². The summed E-state index contributed by atoms with van der Waals surface area (Å²) in [5, 5.41) is 7.78. The maximum absolute atomic E-state index is 7.11. The molecule has 0 spiro atoms. The fourth-order valence-corrected chi connectivity index (χ4v) is 1.58. The van der Waals surface area contributed by atoms with Crippen LogP contribution >= 0.6 is 11.8 Å². The first-order valence-electron chi connectivity index (χ1n) is 3.99. The van der Waals surface area contributed by atoms with Crippen LogP contribution in [0.1, 0.15) is 0 Å². The molecule has 70 valence electrons. The molecule has 0 fully saturated rings. The molecule has 2 rings (SSSR count). The highest BCUT2D eigenvalue weighted by Gasteiger charge is 2.00. The molecule has 0 radical (unpaired) electrons. The molecule has 0 bridgehead atoms. The van der Waals surface area contributed by atoms with E-state index in [2.05, 4.69) is 9.97 Å². The van der Waals surface area contributed by atoms with E-state index in [9.17, 15) is 0 Å². The Bertz CT molecular complexity index is 483. The molecule has 14 heavy (non-hydrogen) atoms. The first-order valence-corrected chi connectivity index (χ1v) is 4.81. The predicted molar refractivity (Wildman–Crippen MR) is 57.3 cm³/mol. The minimum atomic E-state index is 0.0228. The van der Waals surface area contributed by atoms with Crippen LogP contribution in [0.25, 0.3) is 11.0 Å². The third-order valence-corrected chi connectivity index (χ3v) is 2.27. The van der Waals surface area contributed by atoms with Gasteiger partial charge in [0.15, 0.2) is 5.17 Å². The minimum Gasteiger partial charge on any atom is -0.378 e. The summed E-state index contributed by atoms with van der Waals surface area (Å²) in [5.74, 6) is 0. The molecule has 0 aliphatic rings. The van der Waals surface area contributed by atoms with E-state index in [1.165, 1.54) is 0 Å². The lowest BCUT2D eigenvalue weighted by molar-refractivity contribution is 1.13. The second-order valence-corrected chi connectivity index (χ2v) is 3.73. The van der Waals surface area contributed by atoms with E-state index in [0.717, 1.165) is 22.8 Å². The highest BCUT2D eigenvalue weighted by atomic mass is 32.2.